The van der Waals surface area contributed by atoms with Gasteiger partial charge in [0.25, 0.3) is 0 Å². The smallest absolute Gasteiger partial charge is 0.335 e. The van der Waals surface area contributed by atoms with E-state index in [9.17, 15) is 9.90 Å². The van der Waals surface area contributed by atoms with Gasteiger partial charge >= 0.3 is 5.97 Å². The van der Waals surface area contributed by atoms with E-state index in [0.717, 1.165) is 10.0 Å². The minimum absolute atomic E-state index is 0.0670. The molecule has 17 heavy (non-hydrogen) atoms. The van der Waals surface area contributed by atoms with E-state index in [4.69, 9.17) is 5.11 Å². The Kier molecular flexibility index (Phi) is 3.15. The van der Waals surface area contributed by atoms with Crippen LogP contribution in [0.4, 0.5) is 0 Å². The van der Waals surface area contributed by atoms with Crippen LogP contribution in [0.25, 0.3) is 11.1 Å². The molecule has 2 N–H and O–H groups in total. The summed E-state index contributed by atoms with van der Waals surface area (Å²) in [6.45, 7) is 0. The average molecular weight is 293 g/mol. The zero-order chi connectivity index (χ0) is 12.4. The zero-order valence-electron chi connectivity index (χ0n) is 8.72. The van der Waals surface area contributed by atoms with Crippen molar-refractivity contribution in [1.29, 1.82) is 0 Å². The highest BCUT2D eigenvalue weighted by molar-refractivity contribution is 9.10. The molecule has 2 aromatic carbocycles. The molecule has 2 rings (SSSR count). The van der Waals surface area contributed by atoms with Gasteiger partial charge in [0.05, 0.1) is 5.56 Å². The van der Waals surface area contributed by atoms with Gasteiger partial charge in [-0.1, -0.05) is 28.1 Å². The normalized spacial score (nSPS) is 10.2. The summed E-state index contributed by atoms with van der Waals surface area (Å²) in [5, 5.41) is 18.6. The maximum Gasteiger partial charge on any atom is 0.335 e. The van der Waals surface area contributed by atoms with Crippen LogP contribution >= 0.6 is 15.9 Å². The molecule has 0 fully saturated rings. The van der Waals surface area contributed by atoms with Crippen molar-refractivity contribution in [2.45, 2.75) is 0 Å². The summed E-state index contributed by atoms with van der Waals surface area (Å²) in [7, 11) is 0. The number of aromatic hydroxyl groups is 1. The number of phenols is 1. The molecule has 0 aliphatic heterocycles. The molecule has 0 heterocycles. The quantitative estimate of drug-likeness (QED) is 0.890. The molecule has 4 heteroatoms. The van der Waals surface area contributed by atoms with Gasteiger partial charge in [-0.15, -0.1) is 0 Å². The lowest BCUT2D eigenvalue weighted by Gasteiger charge is -2.06. The molecule has 2 aromatic rings. The van der Waals surface area contributed by atoms with E-state index in [1.807, 2.05) is 24.3 Å². The Bertz CT molecular complexity index is 561. The molecule has 0 amide bonds. The van der Waals surface area contributed by atoms with Crippen molar-refractivity contribution in [3.63, 3.8) is 0 Å². The van der Waals surface area contributed by atoms with Crippen LogP contribution in [0.15, 0.2) is 46.9 Å². The molecule has 86 valence electrons. The first-order valence-corrected chi connectivity index (χ1v) is 5.69. The summed E-state index contributed by atoms with van der Waals surface area (Å²) in [4.78, 5) is 10.9. The molecule has 0 spiro atoms. The number of carboxylic acids is 1. The van der Waals surface area contributed by atoms with Crippen molar-refractivity contribution in [2.24, 2.45) is 0 Å². The number of hydrogen-bond donors (Lipinski definition) is 2. The third kappa shape index (κ3) is 2.47. The van der Waals surface area contributed by atoms with Gasteiger partial charge in [0.2, 0.25) is 0 Å². The van der Waals surface area contributed by atoms with Crippen LogP contribution in [-0.2, 0) is 0 Å². The van der Waals surface area contributed by atoms with Crippen molar-refractivity contribution < 1.29 is 15.0 Å². The molecule has 3 nitrogen and oxygen atoms in total. The summed E-state index contributed by atoms with van der Waals surface area (Å²) >= 11 is 3.32. The summed E-state index contributed by atoms with van der Waals surface area (Å²) in [5.74, 6) is -0.944. The van der Waals surface area contributed by atoms with Crippen LogP contribution < -0.4 is 0 Å². The monoisotopic (exact) mass is 292 g/mol. The summed E-state index contributed by atoms with van der Waals surface area (Å²) in [5.41, 5.74) is 1.44. The molecule has 0 unspecified atom stereocenters. The molecule has 0 bridgehead atoms. The Morgan fingerprint density at radius 2 is 1.71 bits per heavy atom. The van der Waals surface area contributed by atoms with Crippen LogP contribution in [0.5, 0.6) is 5.75 Å². The second kappa shape index (κ2) is 4.59. The molecule has 0 atom stereocenters. The van der Waals surface area contributed by atoms with Gasteiger partial charge in [0.15, 0.2) is 0 Å². The van der Waals surface area contributed by atoms with Crippen molar-refractivity contribution in [1.82, 2.24) is 0 Å². The van der Waals surface area contributed by atoms with Crippen molar-refractivity contribution in [3.05, 3.63) is 52.5 Å². The third-order valence-electron chi connectivity index (χ3n) is 2.40. The number of carbonyl (C=O) groups is 1. The Labute approximate surface area is 106 Å². The molecule has 0 saturated heterocycles. The van der Waals surface area contributed by atoms with Crippen LogP contribution in [-0.4, -0.2) is 16.2 Å². The topological polar surface area (TPSA) is 57.5 Å². The first-order chi connectivity index (χ1) is 8.08. The lowest BCUT2D eigenvalue weighted by Crippen LogP contribution is -1.96. The summed E-state index contributed by atoms with van der Waals surface area (Å²) in [6.07, 6.45) is 0. The molecular weight excluding hydrogens is 284 g/mol. The predicted octanol–water partition coefficient (Wildman–Crippen LogP) is 3.52. The molecule has 0 aliphatic rings. The molecule has 0 aromatic heterocycles. The number of benzene rings is 2. The Morgan fingerprint density at radius 1 is 1.06 bits per heavy atom. The van der Waals surface area contributed by atoms with Gasteiger partial charge in [0.1, 0.15) is 5.75 Å². The van der Waals surface area contributed by atoms with Crippen molar-refractivity contribution in [2.75, 3.05) is 0 Å². The van der Waals surface area contributed by atoms with E-state index >= 15 is 0 Å². The number of rotatable bonds is 2. The lowest BCUT2D eigenvalue weighted by atomic mass is 10.0. The van der Waals surface area contributed by atoms with Gasteiger partial charge in [-0.2, -0.15) is 0 Å². The number of carboxylic acid groups (broad SMARTS) is 1. The van der Waals surface area contributed by atoms with Gasteiger partial charge < -0.3 is 10.2 Å². The van der Waals surface area contributed by atoms with Crippen LogP contribution in [0.3, 0.4) is 0 Å². The highest BCUT2D eigenvalue weighted by Gasteiger charge is 2.09. The third-order valence-corrected chi connectivity index (χ3v) is 2.93. The fourth-order valence-electron chi connectivity index (χ4n) is 1.53. The van der Waals surface area contributed by atoms with Crippen molar-refractivity contribution >= 4 is 21.9 Å². The molecule has 0 aliphatic carbocycles. The maximum atomic E-state index is 10.9. The molecule has 0 radical (unpaired) electrons. The maximum absolute atomic E-state index is 10.9. The zero-order valence-corrected chi connectivity index (χ0v) is 10.3. The van der Waals surface area contributed by atoms with Gasteiger partial charge in [-0.3, -0.25) is 0 Å². The van der Waals surface area contributed by atoms with Crippen LogP contribution in [0, 0.1) is 0 Å². The first kappa shape index (κ1) is 11.7. The number of aromatic carboxylic acids is 1. The number of phenolic OH excluding ortho intramolecular Hbond substituents is 1. The largest absolute Gasteiger partial charge is 0.507 e. The highest BCUT2D eigenvalue weighted by Crippen LogP contribution is 2.30. The van der Waals surface area contributed by atoms with E-state index in [1.165, 1.54) is 18.2 Å². The number of halogens is 1. The second-order valence-electron chi connectivity index (χ2n) is 3.54. The summed E-state index contributed by atoms with van der Waals surface area (Å²) < 4.78 is 0.926. The number of hydrogen-bond acceptors (Lipinski definition) is 2. The Balaban J connectivity index is 2.54. The van der Waals surface area contributed by atoms with Crippen molar-refractivity contribution in [3.8, 4) is 16.9 Å². The fourth-order valence-corrected chi connectivity index (χ4v) is 1.79. The van der Waals surface area contributed by atoms with Crippen LogP contribution in [0.2, 0.25) is 0 Å². The highest BCUT2D eigenvalue weighted by atomic mass is 79.9. The Morgan fingerprint density at radius 3 is 2.29 bits per heavy atom. The van der Waals surface area contributed by atoms with Crippen LogP contribution in [0.1, 0.15) is 10.4 Å². The first-order valence-electron chi connectivity index (χ1n) is 4.90. The van der Waals surface area contributed by atoms with Gasteiger partial charge in [0, 0.05) is 10.0 Å². The van der Waals surface area contributed by atoms with Gasteiger partial charge in [-0.05, 0) is 35.9 Å². The lowest BCUT2D eigenvalue weighted by molar-refractivity contribution is 0.0697. The SMILES string of the molecule is O=C(O)c1ccc(O)c(-c2ccc(Br)cc2)c1. The average Bonchev–Trinajstić information content (AvgIpc) is 2.31. The fraction of sp³-hybridized carbons (Fsp3) is 0. The minimum Gasteiger partial charge on any atom is -0.507 e. The standard InChI is InChI=1S/C13H9BrO3/c14-10-4-1-8(2-5-10)11-7-9(13(16)17)3-6-12(11)15/h1-7,15H,(H,16,17). The van der Waals surface area contributed by atoms with E-state index in [1.54, 1.807) is 0 Å². The van der Waals surface area contributed by atoms with E-state index in [-0.39, 0.29) is 11.3 Å². The van der Waals surface area contributed by atoms with E-state index in [0.29, 0.717) is 5.56 Å². The Hall–Kier alpha value is -1.81. The second-order valence-corrected chi connectivity index (χ2v) is 4.46. The van der Waals surface area contributed by atoms with Gasteiger partial charge in [-0.25, -0.2) is 4.79 Å². The summed E-state index contributed by atoms with van der Waals surface area (Å²) in [6, 6.07) is 11.5. The van der Waals surface area contributed by atoms with E-state index < -0.39 is 5.97 Å². The van der Waals surface area contributed by atoms with E-state index in [2.05, 4.69) is 15.9 Å². The predicted molar refractivity (Wildman–Crippen MR) is 68.2 cm³/mol. The molecule has 0 saturated carbocycles. The minimum atomic E-state index is -1.01. The molecular formula is C13H9BrO3.